The summed E-state index contributed by atoms with van der Waals surface area (Å²) in [6.07, 6.45) is 3.48. The second kappa shape index (κ2) is 2.95. The van der Waals surface area contributed by atoms with Crippen molar-refractivity contribution in [2.45, 2.75) is 50.8 Å². The van der Waals surface area contributed by atoms with Gasteiger partial charge in [0, 0.05) is 6.04 Å². The molecule has 0 aromatic rings. The highest BCUT2D eigenvalue weighted by molar-refractivity contribution is 7.90. The standard InChI is InChI=1S/C10H19NO2S/c1-10(2,3)14(12,13)11-9-5-4-7-6-8(7)9/h7-9,11H,4-6H2,1-3H3/t7-,8+,9+/m1/s1. The molecule has 0 bridgehead atoms. The van der Waals surface area contributed by atoms with Crippen LogP contribution in [0.2, 0.25) is 0 Å². The molecule has 2 fully saturated rings. The van der Waals surface area contributed by atoms with E-state index in [1.54, 1.807) is 20.8 Å². The van der Waals surface area contributed by atoms with Gasteiger partial charge in [-0.1, -0.05) is 0 Å². The van der Waals surface area contributed by atoms with E-state index in [0.717, 1.165) is 12.3 Å². The maximum atomic E-state index is 11.9. The van der Waals surface area contributed by atoms with Gasteiger partial charge in [-0.15, -0.1) is 0 Å². The minimum absolute atomic E-state index is 0.226. The number of rotatable bonds is 2. The average molecular weight is 217 g/mol. The monoisotopic (exact) mass is 217 g/mol. The third kappa shape index (κ3) is 1.70. The molecule has 3 atom stereocenters. The first kappa shape index (κ1) is 10.4. The minimum atomic E-state index is -3.14. The van der Waals surface area contributed by atoms with Crippen LogP contribution < -0.4 is 4.72 Å². The Morgan fingerprint density at radius 3 is 2.21 bits per heavy atom. The van der Waals surface area contributed by atoms with Gasteiger partial charge in [0.15, 0.2) is 0 Å². The van der Waals surface area contributed by atoms with Crippen LogP contribution in [0.25, 0.3) is 0 Å². The van der Waals surface area contributed by atoms with E-state index in [1.165, 1.54) is 12.8 Å². The fourth-order valence-corrected chi connectivity index (χ4v) is 3.27. The largest absolute Gasteiger partial charge is 0.216 e. The predicted octanol–water partition coefficient (Wildman–Crippen LogP) is 1.50. The zero-order valence-electron chi connectivity index (χ0n) is 9.08. The molecule has 0 heterocycles. The van der Waals surface area contributed by atoms with E-state index in [-0.39, 0.29) is 6.04 Å². The van der Waals surface area contributed by atoms with Gasteiger partial charge in [-0.25, -0.2) is 13.1 Å². The van der Waals surface area contributed by atoms with Crippen LogP contribution in [-0.2, 0) is 10.0 Å². The van der Waals surface area contributed by atoms with E-state index < -0.39 is 14.8 Å². The maximum Gasteiger partial charge on any atom is 0.216 e. The van der Waals surface area contributed by atoms with Crippen molar-refractivity contribution in [2.24, 2.45) is 11.8 Å². The fourth-order valence-electron chi connectivity index (χ4n) is 2.23. The molecule has 0 spiro atoms. The molecular weight excluding hydrogens is 198 g/mol. The summed E-state index contributed by atoms with van der Waals surface area (Å²) in [6.45, 7) is 5.23. The van der Waals surface area contributed by atoms with E-state index >= 15 is 0 Å². The van der Waals surface area contributed by atoms with Gasteiger partial charge in [0.2, 0.25) is 10.0 Å². The molecule has 2 aliphatic rings. The highest BCUT2D eigenvalue weighted by atomic mass is 32.2. The molecule has 0 saturated heterocycles. The van der Waals surface area contributed by atoms with Crippen molar-refractivity contribution in [1.29, 1.82) is 0 Å². The summed E-state index contributed by atoms with van der Waals surface area (Å²) in [7, 11) is -3.14. The van der Waals surface area contributed by atoms with Crippen LogP contribution >= 0.6 is 0 Å². The average Bonchev–Trinajstić information content (AvgIpc) is 2.68. The van der Waals surface area contributed by atoms with Crippen LogP contribution in [0.15, 0.2) is 0 Å². The van der Waals surface area contributed by atoms with Crippen molar-refractivity contribution < 1.29 is 8.42 Å². The molecule has 14 heavy (non-hydrogen) atoms. The van der Waals surface area contributed by atoms with Gasteiger partial charge >= 0.3 is 0 Å². The van der Waals surface area contributed by atoms with E-state index in [9.17, 15) is 8.42 Å². The van der Waals surface area contributed by atoms with Crippen molar-refractivity contribution >= 4 is 10.0 Å². The first-order valence-electron chi connectivity index (χ1n) is 5.33. The Morgan fingerprint density at radius 2 is 1.86 bits per heavy atom. The summed E-state index contributed by atoms with van der Waals surface area (Å²) in [5.41, 5.74) is 0. The van der Waals surface area contributed by atoms with Crippen molar-refractivity contribution in [3.8, 4) is 0 Å². The van der Waals surface area contributed by atoms with Crippen LogP contribution in [0.5, 0.6) is 0 Å². The molecule has 2 rings (SSSR count). The van der Waals surface area contributed by atoms with Crippen molar-refractivity contribution in [3.63, 3.8) is 0 Å². The SMILES string of the molecule is CC(C)(C)S(=O)(=O)N[C@H]1CC[C@@H]2C[C@@H]21. The lowest BCUT2D eigenvalue weighted by atomic mass is 10.2. The number of fused-ring (bicyclic) bond motifs is 1. The fraction of sp³-hybridized carbons (Fsp3) is 1.00. The normalized spacial score (nSPS) is 36.9. The molecule has 3 nitrogen and oxygen atoms in total. The molecule has 4 heteroatoms. The quantitative estimate of drug-likeness (QED) is 0.762. The molecule has 0 aromatic heterocycles. The maximum absolute atomic E-state index is 11.9. The van der Waals surface area contributed by atoms with E-state index in [0.29, 0.717) is 5.92 Å². The van der Waals surface area contributed by atoms with Gasteiger partial charge in [-0.05, 0) is 51.9 Å². The van der Waals surface area contributed by atoms with Gasteiger partial charge in [0.25, 0.3) is 0 Å². The highest BCUT2D eigenvalue weighted by Gasteiger charge is 2.49. The third-order valence-corrected chi connectivity index (χ3v) is 5.68. The van der Waals surface area contributed by atoms with Crippen LogP contribution in [0.1, 0.15) is 40.0 Å². The van der Waals surface area contributed by atoms with E-state index in [2.05, 4.69) is 4.72 Å². The van der Waals surface area contributed by atoms with Gasteiger partial charge in [-0.3, -0.25) is 0 Å². The third-order valence-electron chi connectivity index (χ3n) is 3.46. The number of sulfonamides is 1. The summed E-state index contributed by atoms with van der Waals surface area (Å²) < 4.78 is 25.9. The van der Waals surface area contributed by atoms with Gasteiger partial charge < -0.3 is 0 Å². The molecule has 1 N–H and O–H groups in total. The molecule has 82 valence electrons. The van der Waals surface area contributed by atoms with Crippen molar-refractivity contribution in [3.05, 3.63) is 0 Å². The molecule has 0 unspecified atom stereocenters. The second-order valence-corrected chi connectivity index (χ2v) is 8.04. The van der Waals surface area contributed by atoms with Crippen molar-refractivity contribution in [2.75, 3.05) is 0 Å². The number of nitrogens with one attached hydrogen (secondary N) is 1. The Kier molecular flexibility index (Phi) is 2.20. The molecular formula is C10H19NO2S. The van der Waals surface area contributed by atoms with Crippen LogP contribution in [0, 0.1) is 11.8 Å². The lowest BCUT2D eigenvalue weighted by molar-refractivity contribution is 0.500. The minimum Gasteiger partial charge on any atom is -0.212 e. The first-order valence-corrected chi connectivity index (χ1v) is 6.81. The van der Waals surface area contributed by atoms with E-state index in [4.69, 9.17) is 0 Å². The first-order chi connectivity index (χ1) is 6.31. The molecule has 0 radical (unpaired) electrons. The Hall–Kier alpha value is -0.0900. The van der Waals surface area contributed by atoms with Crippen LogP contribution in [0.4, 0.5) is 0 Å². The zero-order valence-corrected chi connectivity index (χ0v) is 9.89. The van der Waals surface area contributed by atoms with E-state index in [1.807, 2.05) is 0 Å². The Bertz CT molecular complexity index is 329. The summed E-state index contributed by atoms with van der Waals surface area (Å²) in [6, 6.07) is 0.226. The lowest BCUT2D eigenvalue weighted by Gasteiger charge is -2.23. The topological polar surface area (TPSA) is 46.2 Å². The molecule has 0 amide bonds. The predicted molar refractivity (Wildman–Crippen MR) is 56.4 cm³/mol. The van der Waals surface area contributed by atoms with Crippen molar-refractivity contribution in [1.82, 2.24) is 4.72 Å². The summed E-state index contributed by atoms with van der Waals surface area (Å²) in [5.74, 6) is 1.47. The second-order valence-electron chi connectivity index (χ2n) is 5.58. The molecule has 0 aliphatic heterocycles. The smallest absolute Gasteiger partial charge is 0.212 e. The summed E-state index contributed by atoms with van der Waals surface area (Å²) in [5, 5.41) is 0. The number of hydrogen-bond donors (Lipinski definition) is 1. The zero-order chi connectivity index (χ0) is 10.6. The summed E-state index contributed by atoms with van der Waals surface area (Å²) in [4.78, 5) is 0. The molecule has 2 aliphatic carbocycles. The molecule has 2 saturated carbocycles. The Morgan fingerprint density at radius 1 is 1.21 bits per heavy atom. The lowest BCUT2D eigenvalue weighted by Crippen LogP contribution is -2.44. The Labute approximate surface area is 86.3 Å². The highest BCUT2D eigenvalue weighted by Crippen LogP contribution is 2.52. The summed E-state index contributed by atoms with van der Waals surface area (Å²) >= 11 is 0. The Balaban J connectivity index is 2.03. The van der Waals surface area contributed by atoms with Crippen LogP contribution in [0.3, 0.4) is 0 Å². The van der Waals surface area contributed by atoms with Gasteiger partial charge in [0.1, 0.15) is 0 Å². The van der Waals surface area contributed by atoms with Gasteiger partial charge in [-0.2, -0.15) is 0 Å². The van der Waals surface area contributed by atoms with Gasteiger partial charge in [0.05, 0.1) is 4.75 Å². The molecule has 0 aromatic carbocycles. The van der Waals surface area contributed by atoms with Crippen LogP contribution in [-0.4, -0.2) is 19.2 Å². The number of hydrogen-bond acceptors (Lipinski definition) is 2.